The Balaban J connectivity index is 2.33. The van der Waals surface area contributed by atoms with E-state index >= 15 is 0 Å². The molecule has 6 heteroatoms. The van der Waals surface area contributed by atoms with Crippen molar-refractivity contribution < 1.29 is 13.7 Å². The standard InChI is InChI=1S/C15H22BFN2O2/c1-10-6-7-12(17)13(19-10)8-11(9-18)16-20-14(2,3)15(4,5)21-16/h6-8H,9,18H2,1-5H3. The number of aromatic nitrogens is 1. The SMILES string of the molecule is Cc1ccc(F)c(C=C(CN)B2OC(C)(C)C(C)(C)O2)n1. The highest BCUT2D eigenvalue weighted by atomic mass is 19.1. The van der Waals surface area contributed by atoms with E-state index in [2.05, 4.69) is 4.98 Å². The van der Waals surface area contributed by atoms with Gasteiger partial charge in [-0.1, -0.05) is 0 Å². The molecule has 1 aromatic rings. The lowest BCUT2D eigenvalue weighted by Crippen LogP contribution is -2.41. The Bertz CT molecular complexity index is 557. The van der Waals surface area contributed by atoms with Crippen LogP contribution in [0.15, 0.2) is 17.6 Å². The zero-order valence-electron chi connectivity index (χ0n) is 13.2. The number of nitrogens with zero attached hydrogens (tertiary/aromatic N) is 1. The maximum atomic E-state index is 13.8. The Morgan fingerprint density at radius 3 is 2.38 bits per heavy atom. The second-order valence-corrected chi connectivity index (χ2v) is 6.33. The molecular weight excluding hydrogens is 270 g/mol. The number of hydrogen-bond donors (Lipinski definition) is 1. The third kappa shape index (κ3) is 3.17. The van der Waals surface area contributed by atoms with E-state index in [1.807, 2.05) is 34.6 Å². The lowest BCUT2D eigenvalue weighted by Gasteiger charge is -2.32. The van der Waals surface area contributed by atoms with E-state index in [-0.39, 0.29) is 18.1 Å². The first kappa shape index (κ1) is 16.1. The minimum Gasteiger partial charge on any atom is -0.400 e. The number of halogens is 1. The number of hydrogen-bond acceptors (Lipinski definition) is 4. The van der Waals surface area contributed by atoms with Gasteiger partial charge in [-0.15, -0.1) is 0 Å². The van der Waals surface area contributed by atoms with Crippen LogP contribution in [0.25, 0.3) is 6.08 Å². The van der Waals surface area contributed by atoms with Gasteiger partial charge in [0.2, 0.25) is 0 Å². The molecule has 4 nitrogen and oxygen atoms in total. The van der Waals surface area contributed by atoms with Gasteiger partial charge in [-0.25, -0.2) is 4.39 Å². The molecule has 0 aliphatic carbocycles. The van der Waals surface area contributed by atoms with Gasteiger partial charge in [0.05, 0.1) is 16.9 Å². The van der Waals surface area contributed by atoms with Crippen LogP contribution in [-0.4, -0.2) is 29.8 Å². The molecule has 1 fully saturated rings. The molecule has 0 saturated carbocycles. The summed E-state index contributed by atoms with van der Waals surface area (Å²) in [4.78, 5) is 4.19. The van der Waals surface area contributed by atoms with Crippen molar-refractivity contribution >= 4 is 13.2 Å². The highest BCUT2D eigenvalue weighted by molar-refractivity contribution is 6.55. The van der Waals surface area contributed by atoms with Crippen LogP contribution < -0.4 is 5.73 Å². The van der Waals surface area contributed by atoms with Crippen LogP contribution in [0.3, 0.4) is 0 Å². The van der Waals surface area contributed by atoms with Gasteiger partial charge in [0.25, 0.3) is 0 Å². The van der Waals surface area contributed by atoms with Gasteiger partial charge in [-0.05, 0) is 58.3 Å². The zero-order chi connectivity index (χ0) is 15.8. The lowest BCUT2D eigenvalue weighted by molar-refractivity contribution is 0.00578. The van der Waals surface area contributed by atoms with Gasteiger partial charge in [0.15, 0.2) is 0 Å². The molecule has 1 aliphatic rings. The summed E-state index contributed by atoms with van der Waals surface area (Å²) in [6.07, 6.45) is 1.62. The van der Waals surface area contributed by atoms with Crippen LogP contribution in [0.1, 0.15) is 39.1 Å². The molecule has 2 N–H and O–H groups in total. The molecule has 0 amide bonds. The van der Waals surface area contributed by atoms with Crippen LogP contribution in [-0.2, 0) is 9.31 Å². The molecule has 0 unspecified atom stereocenters. The van der Waals surface area contributed by atoms with Gasteiger partial charge in [-0.2, -0.15) is 0 Å². The highest BCUT2D eigenvalue weighted by Crippen LogP contribution is 2.38. The van der Waals surface area contributed by atoms with Crippen LogP contribution >= 0.6 is 0 Å². The Hall–Kier alpha value is -1.24. The zero-order valence-corrected chi connectivity index (χ0v) is 13.2. The minimum atomic E-state index is -0.582. The third-order valence-electron chi connectivity index (χ3n) is 4.13. The predicted molar refractivity (Wildman–Crippen MR) is 82.0 cm³/mol. The van der Waals surface area contributed by atoms with E-state index in [9.17, 15) is 4.39 Å². The Kier molecular flexibility index (Phi) is 4.24. The van der Waals surface area contributed by atoms with Crippen molar-refractivity contribution in [3.05, 3.63) is 34.8 Å². The molecule has 1 saturated heterocycles. The monoisotopic (exact) mass is 292 g/mol. The van der Waals surface area contributed by atoms with Crippen molar-refractivity contribution in [3.63, 3.8) is 0 Å². The molecular formula is C15H22BFN2O2. The smallest absolute Gasteiger partial charge is 0.400 e. The maximum Gasteiger partial charge on any atom is 0.491 e. The maximum absolute atomic E-state index is 13.8. The molecule has 2 heterocycles. The summed E-state index contributed by atoms with van der Waals surface area (Å²) in [5, 5.41) is 0. The number of aryl methyl sites for hydroxylation is 1. The molecule has 1 aromatic heterocycles. The van der Waals surface area contributed by atoms with E-state index in [1.54, 1.807) is 12.1 Å². The fourth-order valence-electron chi connectivity index (χ4n) is 2.05. The summed E-state index contributed by atoms with van der Waals surface area (Å²) in [5.41, 5.74) is 6.55. The first-order chi connectivity index (χ1) is 9.66. The summed E-state index contributed by atoms with van der Waals surface area (Å²) < 4.78 is 25.7. The molecule has 0 spiro atoms. The summed E-state index contributed by atoms with van der Waals surface area (Å²) in [7, 11) is -0.582. The van der Waals surface area contributed by atoms with Crippen LogP contribution in [0, 0.1) is 12.7 Å². The van der Waals surface area contributed by atoms with Crippen LogP contribution in [0.5, 0.6) is 0 Å². The molecule has 21 heavy (non-hydrogen) atoms. The molecule has 0 bridgehead atoms. The average molecular weight is 292 g/mol. The second kappa shape index (κ2) is 5.52. The third-order valence-corrected chi connectivity index (χ3v) is 4.13. The first-order valence-corrected chi connectivity index (χ1v) is 7.05. The van der Waals surface area contributed by atoms with Crippen LogP contribution in [0.2, 0.25) is 0 Å². The number of nitrogens with two attached hydrogens (primary N) is 1. The molecule has 2 rings (SSSR count). The summed E-state index contributed by atoms with van der Waals surface area (Å²) >= 11 is 0. The topological polar surface area (TPSA) is 57.4 Å². The van der Waals surface area contributed by atoms with Gasteiger partial charge >= 0.3 is 7.12 Å². The first-order valence-electron chi connectivity index (χ1n) is 7.05. The molecule has 114 valence electrons. The Morgan fingerprint density at radius 1 is 1.29 bits per heavy atom. The number of pyridine rings is 1. The fraction of sp³-hybridized carbons (Fsp3) is 0.533. The van der Waals surface area contributed by atoms with E-state index in [4.69, 9.17) is 15.0 Å². The van der Waals surface area contributed by atoms with E-state index in [1.165, 1.54) is 6.07 Å². The van der Waals surface area contributed by atoms with E-state index in [0.717, 1.165) is 5.69 Å². The van der Waals surface area contributed by atoms with Crippen molar-refractivity contribution in [1.82, 2.24) is 4.98 Å². The quantitative estimate of drug-likeness (QED) is 0.870. The van der Waals surface area contributed by atoms with Crippen molar-refractivity contribution in [2.45, 2.75) is 45.8 Å². The largest absolute Gasteiger partial charge is 0.491 e. The summed E-state index contributed by atoms with van der Waals surface area (Å²) in [6.45, 7) is 9.89. The number of rotatable bonds is 3. The summed E-state index contributed by atoms with van der Waals surface area (Å²) in [5.74, 6) is -0.386. The normalized spacial score (nSPS) is 20.9. The average Bonchev–Trinajstić information content (AvgIpc) is 2.59. The molecule has 0 atom stereocenters. The predicted octanol–water partition coefficient (Wildman–Crippen LogP) is 2.50. The highest BCUT2D eigenvalue weighted by Gasteiger charge is 2.52. The van der Waals surface area contributed by atoms with Crippen molar-refractivity contribution in [2.75, 3.05) is 6.54 Å². The summed E-state index contributed by atoms with van der Waals surface area (Å²) in [6, 6.07) is 3.02. The van der Waals surface area contributed by atoms with Crippen molar-refractivity contribution in [1.29, 1.82) is 0 Å². The van der Waals surface area contributed by atoms with Crippen molar-refractivity contribution in [2.24, 2.45) is 5.73 Å². The fourth-order valence-corrected chi connectivity index (χ4v) is 2.05. The van der Waals surface area contributed by atoms with E-state index < -0.39 is 18.3 Å². The van der Waals surface area contributed by atoms with Gasteiger partial charge in [-0.3, -0.25) is 4.98 Å². The van der Waals surface area contributed by atoms with Gasteiger partial charge in [0.1, 0.15) is 5.82 Å². The van der Waals surface area contributed by atoms with Gasteiger partial charge in [0, 0.05) is 12.2 Å². The van der Waals surface area contributed by atoms with E-state index in [0.29, 0.717) is 5.47 Å². The Labute approximate surface area is 125 Å². The van der Waals surface area contributed by atoms with Crippen LogP contribution in [0.4, 0.5) is 4.39 Å². The molecule has 1 aliphatic heterocycles. The Morgan fingerprint density at radius 2 is 1.86 bits per heavy atom. The lowest BCUT2D eigenvalue weighted by atomic mass is 9.77. The van der Waals surface area contributed by atoms with Gasteiger partial charge < -0.3 is 15.0 Å². The minimum absolute atomic E-state index is 0.214. The molecule has 0 radical (unpaired) electrons. The molecule has 0 aromatic carbocycles. The second-order valence-electron chi connectivity index (χ2n) is 6.33. The van der Waals surface area contributed by atoms with Crippen molar-refractivity contribution in [3.8, 4) is 0 Å².